The van der Waals surface area contributed by atoms with Crippen molar-refractivity contribution in [2.24, 2.45) is 0 Å². The Morgan fingerprint density at radius 3 is 2.00 bits per heavy atom. The van der Waals surface area contributed by atoms with E-state index in [1.807, 2.05) is 48.5 Å². The number of carbonyl (C=O) groups is 4. The summed E-state index contributed by atoms with van der Waals surface area (Å²) in [5, 5.41) is 15.6. The van der Waals surface area contributed by atoms with E-state index in [9.17, 15) is 33.1 Å². The number of alkyl carbamates (subject to hydrolysis) is 1. The number of fused-ring (bicyclic) bond motifs is 3. The van der Waals surface area contributed by atoms with Crippen molar-refractivity contribution in [2.45, 2.75) is 51.1 Å². The van der Waals surface area contributed by atoms with Crippen molar-refractivity contribution in [3.05, 3.63) is 131 Å². The number of benzene rings is 4. The van der Waals surface area contributed by atoms with Gasteiger partial charge in [0.15, 0.2) is 17.9 Å². The van der Waals surface area contributed by atoms with Gasteiger partial charge in [0.1, 0.15) is 18.7 Å². The van der Waals surface area contributed by atoms with Gasteiger partial charge in [0, 0.05) is 39.1 Å². The van der Waals surface area contributed by atoms with Crippen LogP contribution in [0, 0.1) is 11.6 Å². The smallest absolute Gasteiger partial charge is 0.408 e. The van der Waals surface area contributed by atoms with Crippen molar-refractivity contribution in [1.29, 1.82) is 0 Å². The zero-order valence-electron chi connectivity index (χ0n) is 31.5. The molecule has 4 amide bonds. The highest BCUT2D eigenvalue weighted by molar-refractivity contribution is 5.92. The summed E-state index contributed by atoms with van der Waals surface area (Å²) in [5.74, 6) is -4.05. The highest BCUT2D eigenvalue weighted by atomic mass is 19.2. The second kappa shape index (κ2) is 19.6. The zero-order valence-corrected chi connectivity index (χ0v) is 31.5. The molecule has 14 heteroatoms. The third-order valence-corrected chi connectivity index (χ3v) is 9.45. The van der Waals surface area contributed by atoms with Gasteiger partial charge in [-0.1, -0.05) is 84.9 Å². The van der Waals surface area contributed by atoms with E-state index in [-0.39, 0.29) is 37.6 Å². The molecule has 1 aliphatic rings. The van der Waals surface area contributed by atoms with E-state index >= 15 is 0 Å². The fourth-order valence-corrected chi connectivity index (χ4v) is 6.74. The van der Waals surface area contributed by atoms with Gasteiger partial charge in [-0.25, -0.2) is 18.4 Å². The van der Waals surface area contributed by atoms with Crippen molar-refractivity contribution in [3.8, 4) is 11.1 Å². The lowest BCUT2D eigenvalue weighted by molar-refractivity contribution is -0.158. The van der Waals surface area contributed by atoms with Crippen LogP contribution in [-0.4, -0.2) is 97.2 Å². The summed E-state index contributed by atoms with van der Waals surface area (Å²) < 4.78 is 45.0. The van der Waals surface area contributed by atoms with Gasteiger partial charge in [0.2, 0.25) is 11.8 Å². The number of nitrogens with zero attached hydrogens (tertiary/aromatic N) is 2. The minimum atomic E-state index is -1.57. The lowest BCUT2D eigenvalue weighted by Crippen LogP contribution is -2.58. The molecule has 0 radical (unpaired) electrons. The number of amides is 4. The Morgan fingerprint density at radius 2 is 1.41 bits per heavy atom. The third kappa shape index (κ3) is 10.5. The van der Waals surface area contributed by atoms with Crippen molar-refractivity contribution in [2.75, 3.05) is 40.0 Å². The van der Waals surface area contributed by atoms with Crippen LogP contribution >= 0.6 is 0 Å². The summed E-state index contributed by atoms with van der Waals surface area (Å²) in [4.78, 5) is 56.4. The first-order valence-electron chi connectivity index (χ1n) is 18.3. The van der Waals surface area contributed by atoms with Crippen molar-refractivity contribution in [3.63, 3.8) is 0 Å². The molecule has 0 bridgehead atoms. The predicted molar refractivity (Wildman–Crippen MR) is 204 cm³/mol. The molecule has 4 aromatic rings. The Labute approximate surface area is 324 Å². The number of nitrogens with one attached hydrogen (secondary N) is 2. The molecule has 1 aliphatic carbocycles. The van der Waals surface area contributed by atoms with Gasteiger partial charge < -0.3 is 34.9 Å². The molecule has 5 rings (SSSR count). The van der Waals surface area contributed by atoms with Gasteiger partial charge in [-0.2, -0.15) is 0 Å². The molecule has 296 valence electrons. The topological polar surface area (TPSA) is 147 Å². The molecule has 4 aromatic carbocycles. The second-order valence-electron chi connectivity index (χ2n) is 13.2. The maximum Gasteiger partial charge on any atom is 0.408 e. The normalized spacial score (nSPS) is 13.0. The Hall–Kier alpha value is -5.86. The Kier molecular flexibility index (Phi) is 14.5. The first kappa shape index (κ1) is 41.3. The first-order valence-corrected chi connectivity index (χ1v) is 18.3. The standard InChI is InChI=1S/C42H46F2N4O8/c1-4-54-38(55-5-2)25-47(3)40(50)36(22-28-19-20-34(43)35(44)21-28)46-39(49)37(48(42(52)53)24-27-13-7-6-8-14-27)23-45-41(51)56-26-33-31-17-11-9-15-29(31)30-16-10-12-18-32(30)33/h6-21,33,36-38H,4-5,22-26H2,1-3H3,(H,45,51)(H,46,49)(H,52,53). The molecule has 2 atom stereocenters. The van der Waals surface area contributed by atoms with Gasteiger partial charge >= 0.3 is 12.2 Å². The molecule has 0 heterocycles. The van der Waals surface area contributed by atoms with Crippen LogP contribution in [0.3, 0.4) is 0 Å². The summed E-state index contributed by atoms with van der Waals surface area (Å²) in [5.41, 5.74) is 4.81. The maximum absolute atomic E-state index is 14.3. The van der Waals surface area contributed by atoms with Gasteiger partial charge in [-0.05, 0) is 59.4 Å². The van der Waals surface area contributed by atoms with Crippen LogP contribution in [0.2, 0.25) is 0 Å². The molecule has 0 aromatic heterocycles. The third-order valence-electron chi connectivity index (χ3n) is 9.45. The summed E-state index contributed by atoms with van der Waals surface area (Å²) in [6.45, 7) is 3.30. The van der Waals surface area contributed by atoms with Gasteiger partial charge in [-0.15, -0.1) is 0 Å². The van der Waals surface area contributed by atoms with E-state index in [4.69, 9.17) is 14.2 Å². The van der Waals surface area contributed by atoms with Crippen LogP contribution in [0.4, 0.5) is 18.4 Å². The maximum atomic E-state index is 14.3. The number of ether oxygens (including phenoxy) is 3. The van der Waals surface area contributed by atoms with Crippen LogP contribution in [0.5, 0.6) is 0 Å². The largest absolute Gasteiger partial charge is 0.465 e. The van der Waals surface area contributed by atoms with Crippen molar-refractivity contribution < 1.29 is 47.3 Å². The van der Waals surface area contributed by atoms with Gasteiger partial charge in [0.25, 0.3) is 0 Å². The number of carbonyl (C=O) groups excluding carboxylic acids is 3. The van der Waals surface area contributed by atoms with E-state index in [0.717, 1.165) is 39.3 Å². The average Bonchev–Trinajstić information content (AvgIpc) is 3.51. The van der Waals surface area contributed by atoms with Crippen LogP contribution in [0.25, 0.3) is 11.1 Å². The fraction of sp³-hybridized carbons (Fsp3) is 0.333. The Balaban J connectivity index is 1.37. The van der Waals surface area contributed by atoms with Crippen LogP contribution in [0.1, 0.15) is 42.0 Å². The molecule has 0 fully saturated rings. The minimum Gasteiger partial charge on any atom is -0.465 e. The molecule has 0 spiro atoms. The SMILES string of the molecule is CCOC(CN(C)C(=O)C(Cc1ccc(F)c(F)c1)NC(=O)C(CNC(=O)OCC1c2ccccc2-c2ccccc21)N(Cc1ccccc1)C(=O)O)OCC. The summed E-state index contributed by atoms with van der Waals surface area (Å²) >= 11 is 0. The molecule has 0 saturated carbocycles. The Morgan fingerprint density at radius 1 is 0.804 bits per heavy atom. The molecule has 56 heavy (non-hydrogen) atoms. The van der Waals surface area contributed by atoms with Crippen molar-refractivity contribution >= 4 is 24.0 Å². The van der Waals surface area contributed by atoms with Crippen LogP contribution in [0.15, 0.2) is 97.1 Å². The minimum absolute atomic E-state index is 0.0228. The van der Waals surface area contributed by atoms with Gasteiger partial charge in [-0.3, -0.25) is 14.5 Å². The molecule has 0 saturated heterocycles. The molecule has 3 N–H and O–H groups in total. The quantitative estimate of drug-likeness (QED) is 0.106. The summed E-state index contributed by atoms with van der Waals surface area (Å²) in [6.07, 6.45) is -3.43. The van der Waals surface area contributed by atoms with Crippen LogP contribution in [-0.2, 0) is 36.8 Å². The molecular formula is C42H46F2N4O8. The van der Waals surface area contributed by atoms with Gasteiger partial charge in [0.05, 0.1) is 13.1 Å². The number of likely N-dealkylation sites (N-methyl/N-ethyl adjacent to an activating group) is 1. The zero-order chi connectivity index (χ0) is 40.2. The van der Waals surface area contributed by atoms with E-state index < -0.39 is 60.6 Å². The molecule has 2 unspecified atom stereocenters. The lowest BCUT2D eigenvalue weighted by Gasteiger charge is -2.32. The fourth-order valence-electron chi connectivity index (χ4n) is 6.74. The van der Waals surface area contributed by atoms with Crippen LogP contribution < -0.4 is 10.6 Å². The monoisotopic (exact) mass is 772 g/mol. The highest BCUT2D eigenvalue weighted by Crippen LogP contribution is 2.44. The van der Waals surface area contributed by atoms with E-state index in [1.54, 1.807) is 44.2 Å². The lowest BCUT2D eigenvalue weighted by atomic mass is 9.98. The number of carboxylic acid groups (broad SMARTS) is 1. The van der Waals surface area contributed by atoms with E-state index in [1.165, 1.54) is 18.0 Å². The van der Waals surface area contributed by atoms with E-state index in [2.05, 4.69) is 10.6 Å². The first-order chi connectivity index (χ1) is 27.0. The van der Waals surface area contributed by atoms with Crippen molar-refractivity contribution in [1.82, 2.24) is 20.4 Å². The number of hydrogen-bond acceptors (Lipinski definition) is 7. The number of hydrogen-bond donors (Lipinski definition) is 3. The predicted octanol–water partition coefficient (Wildman–Crippen LogP) is 5.94. The second-order valence-corrected chi connectivity index (χ2v) is 13.2. The number of halogens is 2. The molecular weight excluding hydrogens is 726 g/mol. The summed E-state index contributed by atoms with van der Waals surface area (Å²) in [7, 11) is 1.47. The Bertz CT molecular complexity index is 1930. The molecule has 12 nitrogen and oxygen atoms in total. The highest BCUT2D eigenvalue weighted by Gasteiger charge is 2.35. The molecule has 0 aliphatic heterocycles. The summed E-state index contributed by atoms with van der Waals surface area (Å²) in [6, 6.07) is 24.3. The number of rotatable bonds is 18. The van der Waals surface area contributed by atoms with E-state index in [0.29, 0.717) is 18.8 Å². The average molecular weight is 773 g/mol.